The van der Waals surface area contributed by atoms with Gasteiger partial charge in [0.15, 0.2) is 17.3 Å². The lowest BCUT2D eigenvalue weighted by atomic mass is 9.78. The number of likely N-dealkylation sites (N-methyl/N-ethyl adjacent to an activating group) is 2. The van der Waals surface area contributed by atoms with Gasteiger partial charge in [-0.1, -0.05) is 45.9 Å². The number of nitrogens with zero attached hydrogens (tertiary/aromatic N) is 6. The number of hydrazone groups is 1. The summed E-state index contributed by atoms with van der Waals surface area (Å²) >= 11 is 0. The number of carboxylic acid groups (broad SMARTS) is 1. The predicted octanol–water partition coefficient (Wildman–Crippen LogP) is 5.88. The second-order valence-corrected chi connectivity index (χ2v) is 23.1. The number of ketones is 1. The molecular formula is C61H78FN7O16. The van der Waals surface area contributed by atoms with Gasteiger partial charge < -0.3 is 78.9 Å². The largest absolute Gasteiger partial charge is 0.507 e. The van der Waals surface area contributed by atoms with E-state index in [0.717, 1.165) is 32.2 Å². The number of esters is 1. The highest BCUT2D eigenvalue weighted by atomic mass is 19.1. The van der Waals surface area contributed by atoms with E-state index in [9.17, 15) is 59.0 Å². The molecule has 7 N–H and O–H groups in total. The third kappa shape index (κ3) is 12.4. The van der Waals surface area contributed by atoms with Gasteiger partial charge in [0.1, 0.15) is 41.2 Å². The topological polar surface area (TPSA) is 295 Å². The molecule has 10 atom stereocenters. The highest BCUT2D eigenvalue weighted by Gasteiger charge is 2.50. The molecule has 2 saturated heterocycles. The number of hydrogen-bond acceptors (Lipinski definition) is 20. The minimum absolute atomic E-state index is 0.0434. The third-order valence-electron chi connectivity index (χ3n) is 17.1. The van der Waals surface area contributed by atoms with Crippen molar-refractivity contribution in [2.24, 2.45) is 28.8 Å². The number of Topliss-reactive ketones (excluding diaryl/α,β-unsaturated/α-hetero) is 1. The molecule has 1 aromatic heterocycles. The van der Waals surface area contributed by atoms with Crippen LogP contribution in [0.2, 0.25) is 0 Å². The van der Waals surface area contributed by atoms with Gasteiger partial charge in [-0.15, -0.1) is 0 Å². The van der Waals surface area contributed by atoms with Crippen LogP contribution in [0.25, 0.3) is 21.7 Å². The number of aromatic carboxylic acids is 1. The number of aromatic nitrogens is 1. The molecule has 2 fully saturated rings. The summed E-state index contributed by atoms with van der Waals surface area (Å²) in [6.45, 7) is 20.2. The summed E-state index contributed by atoms with van der Waals surface area (Å²) in [5.41, 5.74) is -0.574. The monoisotopic (exact) mass is 1180 g/mol. The van der Waals surface area contributed by atoms with E-state index in [2.05, 4.69) is 20.2 Å². The van der Waals surface area contributed by atoms with Gasteiger partial charge in [0.05, 0.1) is 69.9 Å². The number of fused-ring (bicyclic) bond motifs is 14. The van der Waals surface area contributed by atoms with Crippen molar-refractivity contribution < 1.29 is 77.9 Å². The van der Waals surface area contributed by atoms with Crippen LogP contribution in [-0.2, 0) is 23.8 Å². The molecule has 0 aliphatic carbocycles. The summed E-state index contributed by atoms with van der Waals surface area (Å²) in [6.07, 6.45) is 6.20. The van der Waals surface area contributed by atoms with Crippen molar-refractivity contribution in [1.82, 2.24) is 19.4 Å². The zero-order chi connectivity index (χ0) is 62.3. The summed E-state index contributed by atoms with van der Waals surface area (Å²) in [5, 5.41) is 76.2. The molecular weight excluding hydrogens is 1110 g/mol. The lowest BCUT2D eigenvalue weighted by molar-refractivity contribution is -0.160. The Labute approximate surface area is 491 Å². The number of phenolic OH excluding ortho intramolecular Hbond substituents is 3. The van der Waals surface area contributed by atoms with Gasteiger partial charge in [-0.2, -0.15) is 5.10 Å². The lowest BCUT2D eigenvalue weighted by Crippen LogP contribution is -2.46. The maximum Gasteiger partial charge on any atom is 0.341 e. The number of benzene rings is 3. The summed E-state index contributed by atoms with van der Waals surface area (Å²) in [6, 6.07) is 0.994. The van der Waals surface area contributed by atoms with Crippen LogP contribution in [0.5, 0.6) is 28.7 Å². The number of methoxy groups -OCH3 is 1. The Balaban J connectivity index is 0.000000298. The maximum absolute atomic E-state index is 15.0. The second kappa shape index (κ2) is 25.4. The van der Waals surface area contributed by atoms with Crippen LogP contribution in [0.15, 0.2) is 58.3 Å². The van der Waals surface area contributed by atoms with Gasteiger partial charge in [0.2, 0.25) is 5.43 Å². The Morgan fingerprint density at radius 2 is 1.51 bits per heavy atom. The molecule has 460 valence electrons. The zero-order valence-corrected chi connectivity index (χ0v) is 50.0. The van der Waals surface area contributed by atoms with Gasteiger partial charge in [-0.3, -0.25) is 24.2 Å². The number of carbonyl (C=O) groups excluding carboxylic acids is 3. The number of aromatic hydroxyl groups is 3. The number of aliphatic hydroxyl groups is 2. The molecule has 6 aliphatic heterocycles. The van der Waals surface area contributed by atoms with E-state index in [-0.39, 0.29) is 68.1 Å². The van der Waals surface area contributed by atoms with E-state index in [4.69, 9.17) is 23.7 Å². The van der Waals surface area contributed by atoms with Crippen molar-refractivity contribution in [3.05, 3.63) is 86.7 Å². The van der Waals surface area contributed by atoms with E-state index in [1.165, 1.54) is 65.6 Å². The Morgan fingerprint density at radius 3 is 2.13 bits per heavy atom. The normalized spacial score (nSPS) is 28.5. The van der Waals surface area contributed by atoms with Gasteiger partial charge in [0, 0.05) is 120 Å². The molecule has 23 nitrogen and oxygen atoms in total. The number of carboxylic acids is 1. The number of anilines is 2. The van der Waals surface area contributed by atoms with Crippen molar-refractivity contribution in [3.63, 3.8) is 0 Å². The minimum Gasteiger partial charge on any atom is -0.507 e. The van der Waals surface area contributed by atoms with Gasteiger partial charge in [0.25, 0.3) is 11.7 Å². The van der Waals surface area contributed by atoms with E-state index < -0.39 is 106 Å². The molecule has 0 unspecified atom stereocenters. The number of pyridine rings is 1. The summed E-state index contributed by atoms with van der Waals surface area (Å²) in [5.74, 6) is -9.89. The molecule has 0 saturated carbocycles. The SMILES string of the molecule is CO[C@H]1/C=C/O[C@@]2(C)Oc3c(C)c(O)c4c(O)c(c(/C=N/N5CCN(C)CC5)c(O)c4c3C2=O)NC(=O)/C(C)=C\C=C\[C@H](C)[C@H](O)[C@@H](C)[C@@H](O)[C@@H](C)[C@H](OC(C)=O)[C@@H]1C.C[C@H]1COc2c(N3CCN(C)CC3)c(F)cc3c(=O)c(C(=O)O)cn1c23. The van der Waals surface area contributed by atoms with Gasteiger partial charge >= 0.3 is 17.7 Å². The second-order valence-electron chi connectivity index (χ2n) is 23.1. The van der Waals surface area contributed by atoms with Crippen LogP contribution in [0.1, 0.15) is 93.3 Å². The summed E-state index contributed by atoms with van der Waals surface area (Å²) in [4.78, 5) is 70.7. The number of halogens is 1. The maximum atomic E-state index is 15.0. The average Bonchev–Trinajstić information content (AvgIpc) is 2.12. The van der Waals surface area contributed by atoms with E-state index >= 15 is 0 Å². The molecule has 0 spiro atoms. The third-order valence-corrected chi connectivity index (χ3v) is 17.1. The van der Waals surface area contributed by atoms with Crippen LogP contribution in [0.3, 0.4) is 0 Å². The first-order valence-corrected chi connectivity index (χ1v) is 28.4. The standard InChI is InChI=1S/C43H58N4O12.C18H20FN3O4/c1-21-12-11-13-22(2)42(55)45-33-28(20-44-47-17-15-46(9)16-18-47)37(52)30-31(38(33)53)36(51)26(6)40-32(30)41(54)43(8,59-40)57-19-14-29(56-10)23(3)39(58-27(7)48)25(5)35(50)24(4)34(21)49;1-10-9-26-17-14-11(16(23)12(18(24)25)8-22(10)14)7-13(19)15(17)21-5-3-20(2)4-6-21/h11-14,19-21,23-25,29,34-35,39,49-53H,15-18H2,1-10H3,(H,45,55);7-8,10H,3-6,9H2,1-2H3,(H,24,25)/b12-11+,19-14+,22-13-,44-20+;/t21-,23+,24+,25+,29-,34-,35+,39+,43-;10-/m00/s1. The van der Waals surface area contributed by atoms with Gasteiger partial charge in [-0.25, -0.2) is 9.18 Å². The number of phenols is 3. The first-order chi connectivity index (χ1) is 40.1. The average molecular weight is 1180 g/mol. The number of nitrogens with one attached hydrogen (secondary N) is 1. The fourth-order valence-corrected chi connectivity index (χ4v) is 11.6. The van der Waals surface area contributed by atoms with Crippen LogP contribution >= 0.6 is 0 Å². The van der Waals surface area contributed by atoms with E-state index in [1.54, 1.807) is 49.4 Å². The number of allylic oxidation sites excluding steroid dienone is 2. The van der Waals surface area contributed by atoms with Crippen molar-refractivity contribution in [3.8, 4) is 28.7 Å². The first-order valence-electron chi connectivity index (χ1n) is 28.4. The predicted molar refractivity (Wildman–Crippen MR) is 316 cm³/mol. The minimum atomic E-state index is -2.04. The lowest BCUT2D eigenvalue weighted by Gasteiger charge is -2.38. The number of ether oxygens (including phenoxy) is 5. The van der Waals surface area contributed by atoms with Crippen LogP contribution in [-0.4, -0.2) is 190 Å². The fourth-order valence-electron chi connectivity index (χ4n) is 11.6. The molecule has 6 aliphatic rings. The highest BCUT2D eigenvalue weighted by molar-refractivity contribution is 6.24. The van der Waals surface area contributed by atoms with Crippen LogP contribution in [0.4, 0.5) is 15.8 Å². The Kier molecular flexibility index (Phi) is 18.9. The molecule has 1 amide bonds. The molecule has 4 aromatic rings. The van der Waals surface area contributed by atoms with Crippen molar-refractivity contribution >= 4 is 62.9 Å². The Hall–Kier alpha value is -7.77. The van der Waals surface area contributed by atoms with E-state index in [1.807, 2.05) is 25.9 Å². The number of hydrogen-bond donors (Lipinski definition) is 7. The first kappa shape index (κ1) is 63.3. The zero-order valence-electron chi connectivity index (χ0n) is 50.0. The summed E-state index contributed by atoms with van der Waals surface area (Å²) in [7, 11) is 5.44. The number of aliphatic hydroxyl groups excluding tert-OH is 2. The number of carbonyl (C=O) groups is 4. The quantitative estimate of drug-likeness (QED) is 0.0513. The van der Waals surface area contributed by atoms with Crippen molar-refractivity contribution in [1.29, 1.82) is 0 Å². The number of amides is 1. The van der Waals surface area contributed by atoms with Gasteiger partial charge in [-0.05, 0) is 47.0 Å². The summed E-state index contributed by atoms with van der Waals surface area (Å²) < 4.78 is 46.2. The Morgan fingerprint density at radius 1 is 0.859 bits per heavy atom. The fraction of sp³-hybridized carbons (Fsp3) is 0.508. The molecule has 3 aromatic carbocycles. The van der Waals surface area contributed by atoms with Crippen LogP contribution in [0, 0.1) is 36.4 Å². The molecule has 85 heavy (non-hydrogen) atoms. The molecule has 0 radical (unpaired) electrons. The molecule has 24 heteroatoms. The number of rotatable bonds is 6. The molecule has 10 rings (SSSR count). The smallest absolute Gasteiger partial charge is 0.341 e. The van der Waals surface area contributed by atoms with Crippen molar-refractivity contribution in [2.45, 2.75) is 98.6 Å². The molecule has 7 heterocycles. The van der Waals surface area contributed by atoms with Crippen LogP contribution < -0.4 is 25.1 Å². The number of piperazine rings is 2. The van der Waals surface area contributed by atoms with Crippen molar-refractivity contribution in [2.75, 3.05) is 90.4 Å². The molecule has 5 bridgehead atoms. The highest BCUT2D eigenvalue weighted by Crippen LogP contribution is 2.55. The Bertz CT molecular complexity index is 3460. The van der Waals surface area contributed by atoms with E-state index in [0.29, 0.717) is 43.1 Å².